The van der Waals surface area contributed by atoms with Crippen LogP contribution < -0.4 is 5.32 Å². The van der Waals surface area contributed by atoms with E-state index in [9.17, 15) is 14.0 Å². The average molecular weight is 362 g/mol. The van der Waals surface area contributed by atoms with E-state index in [0.717, 1.165) is 38.0 Å². The zero-order valence-electron chi connectivity index (χ0n) is 15.4. The number of hydrogen-bond acceptors (Lipinski definition) is 3. The monoisotopic (exact) mass is 362 g/mol. The lowest BCUT2D eigenvalue weighted by Crippen LogP contribution is -2.51. The molecule has 0 aliphatic carbocycles. The third-order valence-corrected chi connectivity index (χ3v) is 5.26. The van der Waals surface area contributed by atoms with Crippen LogP contribution in [0.25, 0.3) is 0 Å². The highest BCUT2D eigenvalue weighted by Gasteiger charge is 2.37. The number of halogens is 1. The summed E-state index contributed by atoms with van der Waals surface area (Å²) in [4.78, 5) is 30.4. The molecule has 6 nitrogen and oxygen atoms in total. The quantitative estimate of drug-likeness (QED) is 0.884. The first-order chi connectivity index (χ1) is 12.4. The highest BCUT2D eigenvalue weighted by molar-refractivity contribution is 5.78. The van der Waals surface area contributed by atoms with Crippen LogP contribution in [-0.2, 0) is 11.3 Å². The van der Waals surface area contributed by atoms with Gasteiger partial charge in [0.25, 0.3) is 0 Å². The van der Waals surface area contributed by atoms with E-state index < -0.39 is 0 Å². The molecule has 142 valence electrons. The predicted octanol–water partition coefficient (Wildman–Crippen LogP) is 1.52. The summed E-state index contributed by atoms with van der Waals surface area (Å²) in [6.07, 6.45) is 2.07. The maximum absolute atomic E-state index is 13.0. The second-order valence-electron chi connectivity index (χ2n) is 7.52. The van der Waals surface area contributed by atoms with E-state index in [0.29, 0.717) is 19.0 Å². The summed E-state index contributed by atoms with van der Waals surface area (Å²) in [6, 6.07) is 6.21. The van der Waals surface area contributed by atoms with Gasteiger partial charge in [-0.2, -0.15) is 0 Å². The molecule has 2 atom stereocenters. The van der Waals surface area contributed by atoms with Crippen LogP contribution in [0, 0.1) is 11.7 Å². The van der Waals surface area contributed by atoms with Crippen LogP contribution in [-0.4, -0.2) is 73.0 Å². The zero-order valence-corrected chi connectivity index (χ0v) is 15.4. The van der Waals surface area contributed by atoms with Gasteiger partial charge in [0.15, 0.2) is 0 Å². The van der Waals surface area contributed by atoms with Crippen LogP contribution in [0.3, 0.4) is 0 Å². The Morgan fingerprint density at radius 3 is 2.58 bits per heavy atom. The fourth-order valence-electron chi connectivity index (χ4n) is 3.77. The molecule has 3 saturated heterocycles. The van der Waals surface area contributed by atoms with Crippen molar-refractivity contribution in [1.29, 1.82) is 0 Å². The summed E-state index contributed by atoms with van der Waals surface area (Å²) in [6.45, 7) is 3.12. The van der Waals surface area contributed by atoms with Crippen molar-refractivity contribution in [1.82, 2.24) is 20.0 Å². The van der Waals surface area contributed by atoms with E-state index in [-0.39, 0.29) is 23.8 Å². The molecule has 0 radical (unpaired) electrons. The summed E-state index contributed by atoms with van der Waals surface area (Å²) in [5.74, 6) is 0.219. The SMILES string of the molecule is CN(C)C(=O)CN1C[C@@H]2CC[C@H](C1)N(C(=O)NCc1ccc(F)cc1)C2. The van der Waals surface area contributed by atoms with Crippen LogP contribution >= 0.6 is 0 Å². The maximum atomic E-state index is 13.0. The highest BCUT2D eigenvalue weighted by atomic mass is 19.1. The second kappa shape index (κ2) is 8.03. The number of hydrogen-bond donors (Lipinski definition) is 1. The van der Waals surface area contributed by atoms with Crippen LogP contribution in [0.5, 0.6) is 0 Å². The molecule has 3 aliphatic heterocycles. The van der Waals surface area contributed by atoms with E-state index in [1.165, 1.54) is 12.1 Å². The molecule has 1 aromatic rings. The van der Waals surface area contributed by atoms with Gasteiger partial charge in [0.05, 0.1) is 6.54 Å². The smallest absolute Gasteiger partial charge is 0.317 e. The molecule has 0 spiro atoms. The van der Waals surface area contributed by atoms with Gasteiger partial charge in [-0.1, -0.05) is 12.1 Å². The Kier molecular flexibility index (Phi) is 5.76. The van der Waals surface area contributed by atoms with Gasteiger partial charge in [0.2, 0.25) is 5.91 Å². The Bertz CT molecular complexity index is 649. The number of benzene rings is 1. The lowest BCUT2D eigenvalue weighted by Gasteiger charge is -2.36. The van der Waals surface area contributed by atoms with Crippen molar-refractivity contribution in [2.24, 2.45) is 5.92 Å². The minimum Gasteiger partial charge on any atom is -0.348 e. The van der Waals surface area contributed by atoms with Crippen molar-refractivity contribution >= 4 is 11.9 Å². The number of carbonyl (C=O) groups excluding carboxylic acids is 2. The molecule has 26 heavy (non-hydrogen) atoms. The van der Waals surface area contributed by atoms with Crippen molar-refractivity contribution in [3.8, 4) is 0 Å². The molecule has 0 unspecified atom stereocenters. The van der Waals surface area contributed by atoms with Crippen molar-refractivity contribution in [2.75, 3.05) is 40.3 Å². The number of fused-ring (bicyclic) bond motifs is 4. The topological polar surface area (TPSA) is 55.9 Å². The summed E-state index contributed by atoms with van der Waals surface area (Å²) in [7, 11) is 3.54. The Balaban J connectivity index is 1.57. The molecular weight excluding hydrogens is 335 g/mol. The van der Waals surface area contributed by atoms with Gasteiger partial charge in [-0.25, -0.2) is 9.18 Å². The van der Waals surface area contributed by atoms with E-state index in [4.69, 9.17) is 0 Å². The third kappa shape index (κ3) is 4.52. The number of urea groups is 1. The molecule has 3 fully saturated rings. The lowest BCUT2D eigenvalue weighted by atomic mass is 9.95. The maximum Gasteiger partial charge on any atom is 0.317 e. The van der Waals surface area contributed by atoms with Gasteiger partial charge in [-0.15, -0.1) is 0 Å². The summed E-state index contributed by atoms with van der Waals surface area (Å²) in [5.41, 5.74) is 0.873. The van der Waals surface area contributed by atoms with Crippen molar-refractivity contribution in [3.05, 3.63) is 35.6 Å². The van der Waals surface area contributed by atoms with Gasteiger partial charge in [0, 0.05) is 46.3 Å². The molecule has 7 heteroatoms. The van der Waals surface area contributed by atoms with Crippen LogP contribution in [0.1, 0.15) is 18.4 Å². The van der Waals surface area contributed by atoms with Gasteiger partial charge in [-0.05, 0) is 36.5 Å². The largest absolute Gasteiger partial charge is 0.348 e. The molecule has 3 heterocycles. The van der Waals surface area contributed by atoms with Gasteiger partial charge < -0.3 is 15.1 Å². The minimum absolute atomic E-state index is 0.0789. The first-order valence-corrected chi connectivity index (χ1v) is 9.14. The Hall–Kier alpha value is -2.15. The highest BCUT2D eigenvalue weighted by Crippen LogP contribution is 2.28. The Morgan fingerprint density at radius 1 is 1.15 bits per heavy atom. The van der Waals surface area contributed by atoms with Crippen molar-refractivity contribution in [3.63, 3.8) is 0 Å². The predicted molar refractivity (Wildman–Crippen MR) is 97.0 cm³/mol. The van der Waals surface area contributed by atoms with Crippen LogP contribution in [0.2, 0.25) is 0 Å². The van der Waals surface area contributed by atoms with E-state index in [2.05, 4.69) is 10.2 Å². The second-order valence-corrected chi connectivity index (χ2v) is 7.52. The number of piperidine rings is 1. The number of amides is 3. The number of carbonyl (C=O) groups is 2. The number of nitrogens with one attached hydrogen (secondary N) is 1. The van der Waals surface area contributed by atoms with Crippen molar-refractivity contribution in [2.45, 2.75) is 25.4 Å². The summed E-state index contributed by atoms with van der Waals surface area (Å²) >= 11 is 0. The Labute approximate surface area is 153 Å². The van der Waals surface area contributed by atoms with Gasteiger partial charge in [-0.3, -0.25) is 9.69 Å². The number of likely N-dealkylation sites (N-methyl/N-ethyl adjacent to an activating group) is 1. The Morgan fingerprint density at radius 2 is 1.88 bits per heavy atom. The number of nitrogens with zero attached hydrogens (tertiary/aromatic N) is 3. The van der Waals surface area contributed by atoms with Crippen LogP contribution in [0.15, 0.2) is 24.3 Å². The summed E-state index contributed by atoms with van der Waals surface area (Å²) < 4.78 is 13.0. The number of rotatable bonds is 4. The van der Waals surface area contributed by atoms with Crippen LogP contribution in [0.4, 0.5) is 9.18 Å². The first kappa shape index (κ1) is 18.6. The molecular formula is C19H27FN4O2. The van der Waals surface area contributed by atoms with E-state index in [1.807, 2.05) is 4.90 Å². The van der Waals surface area contributed by atoms with Gasteiger partial charge >= 0.3 is 6.03 Å². The van der Waals surface area contributed by atoms with Gasteiger partial charge in [0.1, 0.15) is 5.82 Å². The molecule has 4 rings (SSSR count). The molecule has 1 aromatic carbocycles. The third-order valence-electron chi connectivity index (χ3n) is 5.26. The molecule has 0 aromatic heterocycles. The summed E-state index contributed by atoms with van der Waals surface area (Å²) in [5, 5.41) is 2.95. The average Bonchev–Trinajstić information content (AvgIpc) is 2.91. The van der Waals surface area contributed by atoms with Crippen molar-refractivity contribution < 1.29 is 14.0 Å². The fourth-order valence-corrected chi connectivity index (χ4v) is 3.77. The minimum atomic E-state index is -0.280. The molecule has 3 amide bonds. The normalized spacial score (nSPS) is 22.8. The molecule has 2 bridgehead atoms. The standard InChI is InChI=1S/C19H27FN4O2/c1-22(2)18(25)13-23-10-15-5-8-17(12-23)24(11-15)19(26)21-9-14-3-6-16(20)7-4-14/h3-4,6-7,15,17H,5,8-13H2,1-2H3,(H,21,26)/t15-,17+/m0/s1. The lowest BCUT2D eigenvalue weighted by molar-refractivity contribution is -0.129. The first-order valence-electron chi connectivity index (χ1n) is 9.14. The molecule has 0 saturated carbocycles. The fraction of sp³-hybridized carbons (Fsp3) is 0.579. The van der Waals surface area contributed by atoms with E-state index >= 15 is 0 Å². The van der Waals surface area contributed by atoms with E-state index in [1.54, 1.807) is 31.1 Å². The molecule has 1 N–H and O–H groups in total. The zero-order chi connectivity index (χ0) is 18.7. The molecule has 3 aliphatic rings.